The number of hydrogen-bond acceptors (Lipinski definition) is 4. The number of nitrogens with one attached hydrogen (secondary N) is 1. The van der Waals surface area contributed by atoms with E-state index in [1.807, 2.05) is 0 Å². The number of benzene rings is 1. The van der Waals surface area contributed by atoms with Crippen molar-refractivity contribution in [1.82, 2.24) is 10.2 Å². The Hall–Kier alpha value is -1.99. The zero-order chi connectivity index (χ0) is 16.1. The summed E-state index contributed by atoms with van der Waals surface area (Å²) in [7, 11) is 1.46. The molecular formula is C15H20FN3O3. The van der Waals surface area contributed by atoms with Gasteiger partial charge in [0.1, 0.15) is 6.67 Å². The highest BCUT2D eigenvalue weighted by Crippen LogP contribution is 2.21. The summed E-state index contributed by atoms with van der Waals surface area (Å²) in [4.78, 5) is 25.1. The Morgan fingerprint density at radius 3 is 2.68 bits per heavy atom. The molecule has 1 fully saturated rings. The van der Waals surface area contributed by atoms with E-state index in [9.17, 15) is 14.0 Å². The fraction of sp³-hybridized carbons (Fsp3) is 0.467. The van der Waals surface area contributed by atoms with Crippen LogP contribution in [0.1, 0.15) is 22.0 Å². The molecule has 0 aromatic heterocycles. The lowest BCUT2D eigenvalue weighted by atomic mass is 10.0. The van der Waals surface area contributed by atoms with Gasteiger partial charge in [-0.25, -0.2) is 4.39 Å². The largest absolute Gasteiger partial charge is 0.375 e. The summed E-state index contributed by atoms with van der Waals surface area (Å²) in [6, 6.07) is 5.92. The zero-order valence-electron chi connectivity index (χ0n) is 12.4. The molecule has 2 amide bonds. The molecule has 2 unspecified atom stereocenters. The van der Waals surface area contributed by atoms with Gasteiger partial charge in [-0.1, -0.05) is 12.1 Å². The van der Waals surface area contributed by atoms with Crippen molar-refractivity contribution >= 4 is 11.8 Å². The van der Waals surface area contributed by atoms with E-state index in [0.717, 1.165) is 0 Å². The predicted octanol–water partition coefficient (Wildman–Crippen LogP) is 0.243. The van der Waals surface area contributed by atoms with Crippen LogP contribution in [0.3, 0.4) is 0 Å². The Balaban J connectivity index is 2.10. The molecule has 1 aliphatic rings. The van der Waals surface area contributed by atoms with E-state index < -0.39 is 18.8 Å². The molecule has 1 aromatic rings. The van der Waals surface area contributed by atoms with Gasteiger partial charge in [0.25, 0.3) is 5.91 Å². The van der Waals surface area contributed by atoms with Crippen LogP contribution in [0.2, 0.25) is 0 Å². The molecule has 0 aliphatic carbocycles. The van der Waals surface area contributed by atoms with Crippen molar-refractivity contribution in [3.8, 4) is 0 Å². The molecule has 1 heterocycles. The van der Waals surface area contributed by atoms with Gasteiger partial charge in [0.15, 0.2) is 0 Å². The summed E-state index contributed by atoms with van der Waals surface area (Å²) in [5, 5.41) is 2.67. The number of alkyl halides is 1. The molecule has 0 radical (unpaired) electrons. The van der Waals surface area contributed by atoms with Crippen molar-refractivity contribution in [1.29, 1.82) is 0 Å². The number of hydrogen-bond donors (Lipinski definition) is 2. The Morgan fingerprint density at radius 2 is 2.14 bits per heavy atom. The highest BCUT2D eigenvalue weighted by molar-refractivity contribution is 5.97. The van der Waals surface area contributed by atoms with Gasteiger partial charge in [-0.15, -0.1) is 0 Å². The van der Waals surface area contributed by atoms with E-state index in [1.54, 1.807) is 24.3 Å². The quantitative estimate of drug-likeness (QED) is 0.816. The monoisotopic (exact) mass is 309 g/mol. The van der Waals surface area contributed by atoms with Crippen molar-refractivity contribution < 1.29 is 18.7 Å². The lowest BCUT2D eigenvalue weighted by molar-refractivity contribution is -0.123. The van der Waals surface area contributed by atoms with Gasteiger partial charge < -0.3 is 20.7 Å². The van der Waals surface area contributed by atoms with Crippen molar-refractivity contribution in [2.45, 2.75) is 12.1 Å². The molecule has 0 spiro atoms. The fourth-order valence-electron chi connectivity index (χ4n) is 2.45. The molecule has 2 atom stereocenters. The smallest absolute Gasteiger partial charge is 0.254 e. The van der Waals surface area contributed by atoms with Gasteiger partial charge in [-0.05, 0) is 17.7 Å². The van der Waals surface area contributed by atoms with Crippen LogP contribution in [-0.2, 0) is 9.53 Å². The first-order valence-corrected chi connectivity index (χ1v) is 7.07. The zero-order valence-corrected chi connectivity index (χ0v) is 12.4. The number of rotatable bonds is 5. The molecule has 1 saturated heterocycles. The summed E-state index contributed by atoms with van der Waals surface area (Å²) in [6.45, 7) is 0.315. The first kappa shape index (κ1) is 16.4. The van der Waals surface area contributed by atoms with Gasteiger partial charge in [-0.3, -0.25) is 9.59 Å². The van der Waals surface area contributed by atoms with Crippen molar-refractivity contribution in [3.05, 3.63) is 35.4 Å². The normalized spacial score (nSPS) is 17.8. The topological polar surface area (TPSA) is 84.7 Å². The number of piperazine rings is 1. The number of amides is 2. The molecule has 6 nitrogen and oxygen atoms in total. The molecule has 7 heteroatoms. The van der Waals surface area contributed by atoms with Crippen LogP contribution in [0, 0.1) is 0 Å². The Kier molecular flexibility index (Phi) is 5.46. The number of carbonyl (C=O) groups excluding carboxylic acids is 2. The summed E-state index contributed by atoms with van der Waals surface area (Å²) in [6.07, 6.45) is -0.560. The maximum atomic E-state index is 12.7. The van der Waals surface area contributed by atoms with E-state index in [2.05, 4.69) is 5.32 Å². The number of nitrogens with two attached hydrogens (primary N) is 1. The van der Waals surface area contributed by atoms with Gasteiger partial charge in [-0.2, -0.15) is 0 Å². The maximum Gasteiger partial charge on any atom is 0.254 e. The third-order valence-corrected chi connectivity index (χ3v) is 3.63. The standard InChI is InChI=1S/C15H20FN3O3/c1-22-14(12(17)8-16)10-2-4-11(5-3-10)15(21)19-7-6-18-13(20)9-19/h2-5,12,14H,6-9,17H2,1H3,(H,18,20). The molecule has 3 N–H and O–H groups in total. The second-order valence-corrected chi connectivity index (χ2v) is 5.17. The molecule has 22 heavy (non-hydrogen) atoms. The van der Waals surface area contributed by atoms with Crippen LogP contribution < -0.4 is 11.1 Å². The van der Waals surface area contributed by atoms with Crippen LogP contribution in [0.15, 0.2) is 24.3 Å². The summed E-state index contributed by atoms with van der Waals surface area (Å²) in [5.41, 5.74) is 6.85. The number of nitrogens with zero attached hydrogens (tertiary/aromatic N) is 1. The van der Waals surface area contributed by atoms with Gasteiger partial charge >= 0.3 is 0 Å². The van der Waals surface area contributed by atoms with Crippen LogP contribution in [0.4, 0.5) is 4.39 Å². The van der Waals surface area contributed by atoms with Gasteiger partial charge in [0, 0.05) is 25.8 Å². The van der Waals surface area contributed by atoms with Crippen LogP contribution >= 0.6 is 0 Å². The number of halogens is 1. The SMILES string of the molecule is COC(c1ccc(C(=O)N2CCNC(=O)C2)cc1)C(N)CF. The molecule has 120 valence electrons. The first-order chi connectivity index (χ1) is 10.6. The number of methoxy groups -OCH3 is 1. The minimum absolute atomic E-state index is 0.0635. The third kappa shape index (κ3) is 3.61. The molecular weight excluding hydrogens is 289 g/mol. The first-order valence-electron chi connectivity index (χ1n) is 7.07. The van der Waals surface area contributed by atoms with Crippen molar-refractivity contribution in [3.63, 3.8) is 0 Å². The highest BCUT2D eigenvalue weighted by atomic mass is 19.1. The summed E-state index contributed by atoms with van der Waals surface area (Å²) >= 11 is 0. The highest BCUT2D eigenvalue weighted by Gasteiger charge is 2.23. The minimum Gasteiger partial charge on any atom is -0.375 e. The lowest BCUT2D eigenvalue weighted by Gasteiger charge is -2.27. The lowest BCUT2D eigenvalue weighted by Crippen LogP contribution is -2.49. The van der Waals surface area contributed by atoms with Crippen LogP contribution in [-0.4, -0.2) is 56.2 Å². The van der Waals surface area contributed by atoms with Crippen molar-refractivity contribution in [2.24, 2.45) is 5.73 Å². The molecule has 1 aliphatic heterocycles. The average Bonchev–Trinajstić information content (AvgIpc) is 2.55. The Morgan fingerprint density at radius 1 is 1.45 bits per heavy atom. The van der Waals surface area contributed by atoms with E-state index >= 15 is 0 Å². The molecule has 0 bridgehead atoms. The van der Waals surface area contributed by atoms with E-state index in [1.165, 1.54) is 12.0 Å². The number of ether oxygens (including phenoxy) is 1. The second kappa shape index (κ2) is 7.33. The predicted molar refractivity (Wildman–Crippen MR) is 79.1 cm³/mol. The maximum absolute atomic E-state index is 12.7. The molecule has 2 rings (SSSR count). The van der Waals surface area contributed by atoms with E-state index in [-0.39, 0.29) is 18.4 Å². The summed E-state index contributed by atoms with van der Waals surface area (Å²) < 4.78 is 17.9. The Labute approximate surface area is 128 Å². The number of carbonyl (C=O) groups is 2. The van der Waals surface area contributed by atoms with Gasteiger partial charge in [0.05, 0.1) is 18.7 Å². The molecule has 0 saturated carbocycles. The van der Waals surface area contributed by atoms with E-state index in [0.29, 0.717) is 24.2 Å². The molecule has 1 aromatic carbocycles. The van der Waals surface area contributed by atoms with Crippen molar-refractivity contribution in [2.75, 3.05) is 33.4 Å². The second-order valence-electron chi connectivity index (χ2n) is 5.17. The van der Waals surface area contributed by atoms with Crippen LogP contribution in [0.25, 0.3) is 0 Å². The van der Waals surface area contributed by atoms with E-state index in [4.69, 9.17) is 10.5 Å². The average molecular weight is 309 g/mol. The Bertz CT molecular complexity index is 535. The van der Waals surface area contributed by atoms with Gasteiger partial charge in [0.2, 0.25) is 5.91 Å². The van der Waals surface area contributed by atoms with Crippen LogP contribution in [0.5, 0.6) is 0 Å². The third-order valence-electron chi connectivity index (χ3n) is 3.63. The summed E-state index contributed by atoms with van der Waals surface area (Å²) in [5.74, 6) is -0.366. The minimum atomic E-state index is -0.752. The fourth-order valence-corrected chi connectivity index (χ4v) is 2.45.